The third kappa shape index (κ3) is 3.17. The molecule has 0 aliphatic carbocycles. The van der Waals surface area contributed by atoms with Crippen LogP contribution in [0.25, 0.3) is 0 Å². The summed E-state index contributed by atoms with van der Waals surface area (Å²) >= 11 is 0. The van der Waals surface area contributed by atoms with E-state index in [1.54, 1.807) is 6.92 Å². The van der Waals surface area contributed by atoms with Crippen LogP contribution in [-0.2, 0) is 0 Å². The van der Waals surface area contributed by atoms with Crippen LogP contribution in [0.1, 0.15) is 26.3 Å². The van der Waals surface area contributed by atoms with Gasteiger partial charge in [0.15, 0.2) is 0 Å². The highest BCUT2D eigenvalue weighted by molar-refractivity contribution is 6.08. The largest absolute Gasteiger partial charge is 0.478 e. The van der Waals surface area contributed by atoms with Crippen molar-refractivity contribution in [1.29, 1.82) is 0 Å². The highest BCUT2D eigenvalue weighted by atomic mass is 19.1. The number of nitrogens with one attached hydrogen (secondary N) is 1. The predicted molar refractivity (Wildman–Crippen MR) is 76.9 cm³/mol. The minimum atomic E-state index is -1.20. The Morgan fingerprint density at radius 3 is 2.48 bits per heavy atom. The predicted octanol–water partition coefficient (Wildman–Crippen LogP) is 2.67. The van der Waals surface area contributed by atoms with Crippen molar-refractivity contribution in [3.05, 3.63) is 58.9 Å². The van der Waals surface area contributed by atoms with Gasteiger partial charge in [0, 0.05) is 11.3 Å². The molecule has 2 aromatic carbocycles. The number of carbonyl (C=O) groups is 2. The van der Waals surface area contributed by atoms with Crippen LogP contribution >= 0.6 is 0 Å². The number of nitrogens with two attached hydrogens (primary N) is 1. The van der Waals surface area contributed by atoms with E-state index in [4.69, 9.17) is 10.8 Å². The molecule has 0 bridgehead atoms. The van der Waals surface area contributed by atoms with Gasteiger partial charge in [-0.2, -0.15) is 0 Å². The standard InChI is InChI=1S/C15H13FN2O3/c1-8-6-9(16)2-4-11(8)14(19)18-13-5-3-10(17)7-12(13)15(20)21/h2-7H,17H2,1H3,(H,18,19)(H,20,21). The first kappa shape index (κ1) is 14.5. The number of aryl methyl sites for hydroxylation is 1. The topological polar surface area (TPSA) is 92.4 Å². The normalized spacial score (nSPS) is 10.2. The van der Waals surface area contributed by atoms with Crippen LogP contribution in [0.5, 0.6) is 0 Å². The molecule has 0 atom stereocenters. The molecular weight excluding hydrogens is 275 g/mol. The van der Waals surface area contributed by atoms with Gasteiger partial charge in [-0.3, -0.25) is 4.79 Å². The molecule has 21 heavy (non-hydrogen) atoms. The number of aromatic carboxylic acids is 1. The van der Waals surface area contributed by atoms with Crippen molar-refractivity contribution >= 4 is 23.3 Å². The molecule has 0 heterocycles. The second kappa shape index (κ2) is 5.62. The van der Waals surface area contributed by atoms with Crippen molar-refractivity contribution in [2.45, 2.75) is 6.92 Å². The van der Waals surface area contributed by atoms with Crippen LogP contribution in [0, 0.1) is 12.7 Å². The van der Waals surface area contributed by atoms with Crippen LogP contribution in [-0.4, -0.2) is 17.0 Å². The number of hydrogen-bond donors (Lipinski definition) is 3. The molecule has 0 saturated heterocycles. The van der Waals surface area contributed by atoms with E-state index in [0.717, 1.165) is 0 Å². The fraction of sp³-hybridized carbons (Fsp3) is 0.0667. The quantitative estimate of drug-likeness (QED) is 0.757. The lowest BCUT2D eigenvalue weighted by atomic mass is 10.1. The van der Waals surface area contributed by atoms with Crippen molar-refractivity contribution in [3.8, 4) is 0 Å². The molecular formula is C15H13FN2O3. The van der Waals surface area contributed by atoms with Gasteiger partial charge >= 0.3 is 5.97 Å². The Balaban J connectivity index is 2.34. The molecule has 6 heteroatoms. The van der Waals surface area contributed by atoms with E-state index in [9.17, 15) is 14.0 Å². The number of benzene rings is 2. The highest BCUT2D eigenvalue weighted by Gasteiger charge is 2.15. The van der Waals surface area contributed by atoms with Gasteiger partial charge in [-0.05, 0) is 48.9 Å². The summed E-state index contributed by atoms with van der Waals surface area (Å²) in [5.41, 5.74) is 6.56. The third-order valence-electron chi connectivity index (χ3n) is 2.96. The first-order valence-corrected chi connectivity index (χ1v) is 6.09. The fourth-order valence-electron chi connectivity index (χ4n) is 1.92. The zero-order valence-electron chi connectivity index (χ0n) is 11.2. The van der Waals surface area contributed by atoms with Gasteiger partial charge in [-0.25, -0.2) is 9.18 Å². The van der Waals surface area contributed by atoms with Gasteiger partial charge in [-0.1, -0.05) is 0 Å². The molecule has 5 nitrogen and oxygen atoms in total. The summed E-state index contributed by atoms with van der Waals surface area (Å²) in [6.45, 7) is 1.60. The molecule has 0 spiro atoms. The van der Waals surface area contributed by atoms with Gasteiger partial charge in [0.25, 0.3) is 5.91 Å². The zero-order chi connectivity index (χ0) is 15.6. The summed E-state index contributed by atoms with van der Waals surface area (Å²) in [4.78, 5) is 23.3. The Hall–Kier alpha value is -2.89. The maximum Gasteiger partial charge on any atom is 0.337 e. The Morgan fingerprint density at radius 1 is 1.14 bits per heavy atom. The van der Waals surface area contributed by atoms with Crippen molar-refractivity contribution in [1.82, 2.24) is 0 Å². The lowest BCUT2D eigenvalue weighted by Gasteiger charge is -2.10. The molecule has 0 radical (unpaired) electrons. The van der Waals surface area contributed by atoms with E-state index in [1.807, 2.05) is 0 Å². The first-order chi connectivity index (χ1) is 9.88. The maximum absolute atomic E-state index is 13.0. The zero-order valence-corrected chi connectivity index (χ0v) is 11.2. The molecule has 0 aromatic heterocycles. The van der Waals surface area contributed by atoms with Gasteiger partial charge < -0.3 is 16.2 Å². The van der Waals surface area contributed by atoms with Gasteiger partial charge in [0.2, 0.25) is 0 Å². The fourth-order valence-corrected chi connectivity index (χ4v) is 1.92. The monoisotopic (exact) mass is 288 g/mol. The Morgan fingerprint density at radius 2 is 1.86 bits per heavy atom. The first-order valence-electron chi connectivity index (χ1n) is 6.09. The second-order valence-corrected chi connectivity index (χ2v) is 4.52. The summed E-state index contributed by atoms with van der Waals surface area (Å²) in [6.07, 6.45) is 0. The van der Waals surface area contributed by atoms with Gasteiger partial charge in [0.1, 0.15) is 5.82 Å². The number of carboxylic acid groups (broad SMARTS) is 1. The summed E-state index contributed by atoms with van der Waals surface area (Å²) in [5, 5.41) is 11.6. The molecule has 0 fully saturated rings. The van der Waals surface area contributed by atoms with Crippen molar-refractivity contribution in [3.63, 3.8) is 0 Å². The second-order valence-electron chi connectivity index (χ2n) is 4.52. The van der Waals surface area contributed by atoms with E-state index in [1.165, 1.54) is 36.4 Å². The average molecular weight is 288 g/mol. The number of halogens is 1. The smallest absolute Gasteiger partial charge is 0.337 e. The van der Waals surface area contributed by atoms with Crippen LogP contribution in [0.15, 0.2) is 36.4 Å². The number of anilines is 2. The van der Waals surface area contributed by atoms with Gasteiger partial charge in [-0.15, -0.1) is 0 Å². The summed E-state index contributed by atoms with van der Waals surface area (Å²) < 4.78 is 13.0. The molecule has 4 N–H and O–H groups in total. The van der Waals surface area contributed by atoms with Crippen molar-refractivity contribution in [2.75, 3.05) is 11.1 Å². The van der Waals surface area contributed by atoms with E-state index < -0.39 is 17.7 Å². The van der Waals surface area contributed by atoms with Crippen LogP contribution in [0.2, 0.25) is 0 Å². The highest BCUT2D eigenvalue weighted by Crippen LogP contribution is 2.20. The molecule has 0 aliphatic heterocycles. The molecule has 2 aromatic rings. The van der Waals surface area contributed by atoms with E-state index in [2.05, 4.69) is 5.32 Å². The number of carboxylic acids is 1. The van der Waals surface area contributed by atoms with E-state index >= 15 is 0 Å². The lowest BCUT2D eigenvalue weighted by molar-refractivity contribution is 0.0698. The summed E-state index contributed by atoms with van der Waals surface area (Å²) in [7, 11) is 0. The Bertz CT molecular complexity index is 729. The number of rotatable bonds is 3. The lowest BCUT2D eigenvalue weighted by Crippen LogP contribution is -2.16. The Labute approximate surface area is 120 Å². The SMILES string of the molecule is Cc1cc(F)ccc1C(=O)Nc1ccc(N)cc1C(=O)O. The molecule has 0 unspecified atom stereocenters. The molecule has 108 valence electrons. The maximum atomic E-state index is 13.0. The van der Waals surface area contributed by atoms with Crippen LogP contribution in [0.4, 0.5) is 15.8 Å². The molecule has 2 rings (SSSR count). The number of carbonyl (C=O) groups excluding carboxylic acids is 1. The van der Waals surface area contributed by atoms with Gasteiger partial charge in [0.05, 0.1) is 11.3 Å². The summed E-state index contributed by atoms with van der Waals surface area (Å²) in [5.74, 6) is -2.16. The Kier molecular flexibility index (Phi) is 3.89. The summed E-state index contributed by atoms with van der Waals surface area (Å²) in [6, 6.07) is 7.90. The van der Waals surface area contributed by atoms with Crippen LogP contribution < -0.4 is 11.1 Å². The minimum absolute atomic E-state index is 0.108. The molecule has 0 aliphatic rings. The van der Waals surface area contributed by atoms with E-state index in [-0.39, 0.29) is 22.5 Å². The molecule has 0 saturated carbocycles. The average Bonchev–Trinajstić information content (AvgIpc) is 2.40. The number of hydrogen-bond acceptors (Lipinski definition) is 3. The number of amides is 1. The third-order valence-corrected chi connectivity index (χ3v) is 2.96. The van der Waals surface area contributed by atoms with Crippen molar-refractivity contribution < 1.29 is 19.1 Å². The number of nitrogen functional groups attached to an aromatic ring is 1. The van der Waals surface area contributed by atoms with Crippen molar-refractivity contribution in [2.24, 2.45) is 0 Å². The van der Waals surface area contributed by atoms with Crippen LogP contribution in [0.3, 0.4) is 0 Å². The van der Waals surface area contributed by atoms with E-state index in [0.29, 0.717) is 5.56 Å². The minimum Gasteiger partial charge on any atom is -0.478 e. The molecule has 1 amide bonds.